The summed E-state index contributed by atoms with van der Waals surface area (Å²) in [5.41, 5.74) is 2.44. The van der Waals surface area contributed by atoms with Gasteiger partial charge in [0.15, 0.2) is 0 Å². The number of methoxy groups -OCH3 is 1. The quantitative estimate of drug-likeness (QED) is 0.852. The first-order valence-electron chi connectivity index (χ1n) is 7.98. The summed E-state index contributed by atoms with van der Waals surface area (Å²) in [6.07, 6.45) is 2.26. The Balaban J connectivity index is 1.70. The fourth-order valence-electron chi connectivity index (χ4n) is 3.25. The number of amides is 1. The highest BCUT2D eigenvalue weighted by molar-refractivity contribution is 5.82. The molecule has 1 saturated heterocycles. The zero-order valence-electron chi connectivity index (χ0n) is 13.4. The molecule has 2 aliphatic heterocycles. The Bertz CT molecular complexity index is 547. The minimum absolute atomic E-state index is 0.135. The van der Waals surface area contributed by atoms with Gasteiger partial charge < -0.3 is 19.3 Å². The highest BCUT2D eigenvalue weighted by atomic mass is 16.5. The molecule has 0 spiro atoms. The van der Waals surface area contributed by atoms with Gasteiger partial charge in [-0.05, 0) is 43.5 Å². The Kier molecular flexibility index (Phi) is 4.52. The summed E-state index contributed by atoms with van der Waals surface area (Å²) >= 11 is 0. The Morgan fingerprint density at radius 2 is 2.27 bits per heavy atom. The zero-order valence-corrected chi connectivity index (χ0v) is 13.4. The van der Waals surface area contributed by atoms with E-state index in [-0.39, 0.29) is 12.0 Å². The Labute approximate surface area is 131 Å². The molecular formula is C17H24N2O3. The number of benzene rings is 1. The lowest BCUT2D eigenvalue weighted by atomic mass is 10.0. The van der Waals surface area contributed by atoms with Gasteiger partial charge in [0.1, 0.15) is 5.75 Å². The molecule has 2 heterocycles. The maximum atomic E-state index is 12.5. The van der Waals surface area contributed by atoms with Crippen molar-refractivity contribution in [3.05, 3.63) is 23.8 Å². The van der Waals surface area contributed by atoms with Crippen LogP contribution in [0.15, 0.2) is 18.2 Å². The van der Waals surface area contributed by atoms with Crippen LogP contribution >= 0.6 is 0 Å². The number of hydrogen-bond acceptors (Lipinski definition) is 4. The average Bonchev–Trinajstić information content (AvgIpc) is 2.54. The number of anilines is 1. The summed E-state index contributed by atoms with van der Waals surface area (Å²) < 4.78 is 10.8. The summed E-state index contributed by atoms with van der Waals surface area (Å²) in [4.78, 5) is 16.7. The maximum absolute atomic E-state index is 12.5. The van der Waals surface area contributed by atoms with E-state index in [1.54, 1.807) is 7.11 Å². The zero-order chi connectivity index (χ0) is 15.5. The molecule has 22 heavy (non-hydrogen) atoms. The van der Waals surface area contributed by atoms with Crippen LogP contribution in [-0.2, 0) is 16.0 Å². The first kappa shape index (κ1) is 15.2. The molecular weight excluding hydrogens is 280 g/mol. The van der Waals surface area contributed by atoms with Gasteiger partial charge in [0.2, 0.25) is 5.91 Å². The molecule has 1 aromatic carbocycles. The van der Waals surface area contributed by atoms with Gasteiger partial charge in [-0.3, -0.25) is 4.79 Å². The van der Waals surface area contributed by atoms with E-state index >= 15 is 0 Å². The van der Waals surface area contributed by atoms with Gasteiger partial charge in [-0.1, -0.05) is 0 Å². The Morgan fingerprint density at radius 3 is 3.05 bits per heavy atom. The molecule has 1 atom stereocenters. The first-order valence-corrected chi connectivity index (χ1v) is 7.98. The smallest absolute Gasteiger partial charge is 0.242 e. The van der Waals surface area contributed by atoms with Crippen LogP contribution in [-0.4, -0.2) is 56.8 Å². The highest BCUT2D eigenvalue weighted by Gasteiger charge is 2.25. The number of hydrogen-bond donors (Lipinski definition) is 0. The number of carbonyl (C=O) groups excluding carboxylic acids is 1. The average molecular weight is 304 g/mol. The van der Waals surface area contributed by atoms with E-state index in [1.165, 1.54) is 11.3 Å². The van der Waals surface area contributed by atoms with Crippen molar-refractivity contribution in [1.82, 2.24) is 4.90 Å². The minimum Gasteiger partial charge on any atom is -0.497 e. The summed E-state index contributed by atoms with van der Waals surface area (Å²) in [5.74, 6) is 1.08. The second-order valence-corrected chi connectivity index (χ2v) is 6.04. The van der Waals surface area contributed by atoms with Crippen molar-refractivity contribution in [1.29, 1.82) is 0 Å². The molecule has 0 aromatic heterocycles. The molecule has 1 aromatic rings. The minimum atomic E-state index is 0.135. The number of rotatable bonds is 3. The third-order valence-electron chi connectivity index (χ3n) is 4.42. The lowest BCUT2D eigenvalue weighted by molar-refractivity contribution is -0.136. The molecule has 5 heteroatoms. The Hall–Kier alpha value is -1.75. The van der Waals surface area contributed by atoms with Gasteiger partial charge in [-0.2, -0.15) is 0 Å². The summed E-state index contributed by atoms with van der Waals surface area (Å²) in [6, 6.07) is 6.13. The predicted octanol–water partition coefficient (Wildman–Crippen LogP) is 1.70. The largest absolute Gasteiger partial charge is 0.497 e. The second-order valence-electron chi connectivity index (χ2n) is 6.04. The van der Waals surface area contributed by atoms with Crippen LogP contribution in [0.3, 0.4) is 0 Å². The van der Waals surface area contributed by atoms with Gasteiger partial charge >= 0.3 is 0 Å². The fourth-order valence-corrected chi connectivity index (χ4v) is 3.25. The van der Waals surface area contributed by atoms with Crippen LogP contribution in [0.4, 0.5) is 5.69 Å². The SMILES string of the molecule is COc1ccc2c(c1)CCCN2CC(=O)N1CCO[C@H](C)C1. The molecule has 0 aliphatic carbocycles. The third-order valence-corrected chi connectivity index (χ3v) is 4.42. The molecule has 1 amide bonds. The van der Waals surface area contributed by atoms with Gasteiger partial charge in [0, 0.05) is 25.3 Å². The number of morpholine rings is 1. The standard InChI is InChI=1S/C17H24N2O3/c1-13-11-19(8-9-22-13)17(20)12-18-7-3-4-14-10-15(21-2)5-6-16(14)18/h5-6,10,13H,3-4,7-9,11-12H2,1-2H3/t13-/m1/s1. The third kappa shape index (κ3) is 3.19. The van der Waals surface area contributed by atoms with Crippen LogP contribution < -0.4 is 9.64 Å². The van der Waals surface area contributed by atoms with Crippen LogP contribution in [0.5, 0.6) is 5.75 Å². The molecule has 0 radical (unpaired) electrons. The van der Waals surface area contributed by atoms with Crippen molar-refractivity contribution < 1.29 is 14.3 Å². The van der Waals surface area contributed by atoms with Gasteiger partial charge in [-0.25, -0.2) is 0 Å². The topological polar surface area (TPSA) is 42.0 Å². The monoisotopic (exact) mass is 304 g/mol. The van der Waals surface area contributed by atoms with E-state index in [1.807, 2.05) is 17.9 Å². The molecule has 2 aliphatic rings. The summed E-state index contributed by atoms with van der Waals surface area (Å²) in [7, 11) is 1.69. The maximum Gasteiger partial charge on any atom is 0.242 e. The van der Waals surface area contributed by atoms with E-state index in [4.69, 9.17) is 9.47 Å². The normalized spacial score (nSPS) is 21.5. The van der Waals surface area contributed by atoms with Crippen molar-refractivity contribution in [2.24, 2.45) is 0 Å². The van der Waals surface area contributed by atoms with Crippen molar-refractivity contribution in [2.75, 3.05) is 44.8 Å². The Morgan fingerprint density at radius 1 is 1.41 bits per heavy atom. The molecule has 0 N–H and O–H groups in total. The van der Waals surface area contributed by atoms with Crippen LogP contribution in [0.2, 0.25) is 0 Å². The predicted molar refractivity (Wildman–Crippen MR) is 85.5 cm³/mol. The van der Waals surface area contributed by atoms with E-state index in [0.29, 0.717) is 26.2 Å². The van der Waals surface area contributed by atoms with E-state index < -0.39 is 0 Å². The van der Waals surface area contributed by atoms with E-state index in [2.05, 4.69) is 17.0 Å². The number of aryl methyl sites for hydroxylation is 1. The van der Waals surface area contributed by atoms with Crippen molar-refractivity contribution in [3.8, 4) is 5.75 Å². The summed E-state index contributed by atoms with van der Waals surface area (Å²) in [6.45, 7) is 5.44. The van der Waals surface area contributed by atoms with Gasteiger partial charge in [0.05, 0.1) is 26.4 Å². The van der Waals surface area contributed by atoms with Crippen molar-refractivity contribution >= 4 is 11.6 Å². The van der Waals surface area contributed by atoms with Crippen molar-refractivity contribution in [2.45, 2.75) is 25.9 Å². The first-order chi connectivity index (χ1) is 10.7. The molecule has 0 bridgehead atoms. The molecule has 1 fully saturated rings. The van der Waals surface area contributed by atoms with Gasteiger partial charge in [-0.15, -0.1) is 0 Å². The van der Waals surface area contributed by atoms with Crippen LogP contribution in [0.25, 0.3) is 0 Å². The number of fused-ring (bicyclic) bond motifs is 1. The number of nitrogens with zero attached hydrogens (tertiary/aromatic N) is 2. The molecule has 0 unspecified atom stereocenters. The van der Waals surface area contributed by atoms with E-state index in [0.717, 1.165) is 25.1 Å². The lowest BCUT2D eigenvalue weighted by Gasteiger charge is -2.35. The highest BCUT2D eigenvalue weighted by Crippen LogP contribution is 2.30. The second kappa shape index (κ2) is 6.57. The van der Waals surface area contributed by atoms with Gasteiger partial charge in [0.25, 0.3) is 0 Å². The fraction of sp³-hybridized carbons (Fsp3) is 0.588. The molecule has 120 valence electrons. The lowest BCUT2D eigenvalue weighted by Crippen LogP contribution is -2.49. The number of ether oxygens (including phenoxy) is 2. The molecule has 3 rings (SSSR count). The number of carbonyl (C=O) groups is 1. The molecule has 0 saturated carbocycles. The van der Waals surface area contributed by atoms with E-state index in [9.17, 15) is 4.79 Å². The summed E-state index contributed by atoms with van der Waals surface area (Å²) in [5, 5.41) is 0. The van der Waals surface area contributed by atoms with Crippen molar-refractivity contribution in [3.63, 3.8) is 0 Å². The molecule has 5 nitrogen and oxygen atoms in total. The van der Waals surface area contributed by atoms with Crippen LogP contribution in [0.1, 0.15) is 18.9 Å². The van der Waals surface area contributed by atoms with Crippen LogP contribution in [0, 0.1) is 0 Å².